The van der Waals surface area contributed by atoms with Crippen LogP contribution in [0.5, 0.6) is 0 Å². The van der Waals surface area contributed by atoms with E-state index in [-0.39, 0.29) is 11.1 Å². The lowest BCUT2D eigenvalue weighted by molar-refractivity contribution is 0.0594. The number of hydrogen-bond donors (Lipinski definition) is 2. The lowest BCUT2D eigenvalue weighted by Gasteiger charge is -1.99. The molecule has 2 aromatic heterocycles. The fraction of sp³-hybridized carbons (Fsp3) is 0.143. The second kappa shape index (κ2) is 16.5. The van der Waals surface area contributed by atoms with Crippen molar-refractivity contribution in [3.8, 4) is 0 Å². The van der Waals surface area contributed by atoms with Crippen molar-refractivity contribution in [1.82, 2.24) is 9.97 Å². The highest BCUT2D eigenvalue weighted by atomic mass is 79.9. The predicted molar refractivity (Wildman–Crippen MR) is 110 cm³/mol. The highest BCUT2D eigenvalue weighted by molar-refractivity contribution is 9.10. The van der Waals surface area contributed by atoms with Gasteiger partial charge in [-0.25, -0.2) is 32.5 Å². The summed E-state index contributed by atoms with van der Waals surface area (Å²) in [5, 5.41) is 15.4. The van der Waals surface area contributed by atoms with Gasteiger partial charge in [-0.05, 0) is 44.0 Å². The molecule has 0 bridgehead atoms. The highest BCUT2D eigenvalue weighted by Crippen LogP contribution is 2.13. The molecule has 0 fully saturated rings. The van der Waals surface area contributed by atoms with E-state index in [1.165, 1.54) is 13.2 Å². The summed E-state index contributed by atoms with van der Waals surface area (Å²) in [5.74, 6) is -3.54. The van der Waals surface area contributed by atoms with Crippen LogP contribution in [0.15, 0.2) is 33.7 Å². The molecule has 0 saturated heterocycles. The van der Waals surface area contributed by atoms with Crippen LogP contribution in [0.4, 0.5) is 8.78 Å². The van der Waals surface area contributed by atoms with E-state index in [1.807, 2.05) is 0 Å². The maximum atomic E-state index is 12.8. The standard InChI is InChI=1S/C7H5BrFNO2.C6H3BrFNO2.CH4O.Cl2OS/c1-12-7(11)4-2-6(8)10-3-5(4)9;7-5-1-3(6(10)11)4(8)2-9-5;1-2;1-4(2)3/h2-3H,1H3;1-2H,(H,10,11);2H,1H3;. The number of aromatic carboxylic acids is 1. The van der Waals surface area contributed by atoms with Gasteiger partial charge in [-0.3, -0.25) is 0 Å². The number of nitrogens with zero attached hydrogens (tertiary/aromatic N) is 2. The fourth-order valence-corrected chi connectivity index (χ4v) is 1.92. The van der Waals surface area contributed by atoms with E-state index in [4.69, 9.17) is 14.4 Å². The van der Waals surface area contributed by atoms with Crippen LogP contribution < -0.4 is 0 Å². The second-order valence-corrected chi connectivity index (χ2v) is 8.10. The molecule has 0 spiro atoms. The molecule has 0 aliphatic carbocycles. The number of carboxylic acids is 1. The third-order valence-corrected chi connectivity index (χ3v) is 3.15. The van der Waals surface area contributed by atoms with Crippen molar-refractivity contribution in [2.24, 2.45) is 0 Å². The van der Waals surface area contributed by atoms with Crippen molar-refractivity contribution >= 4 is 74.4 Å². The molecule has 8 nitrogen and oxygen atoms in total. The van der Waals surface area contributed by atoms with Crippen molar-refractivity contribution in [3.63, 3.8) is 0 Å². The minimum absolute atomic E-state index is 0.126. The molecule has 0 atom stereocenters. The Morgan fingerprint density at radius 1 is 1.03 bits per heavy atom. The zero-order valence-corrected chi connectivity index (χ0v) is 19.9. The molecule has 0 aromatic carbocycles. The third kappa shape index (κ3) is 13.6. The van der Waals surface area contributed by atoms with E-state index >= 15 is 0 Å². The molecule has 15 heteroatoms. The SMILES string of the molecule is CO.COC(=O)c1cc(Br)ncc1F.O=C(O)c1cc(Br)ncc1F.O=S(Cl)Cl. The largest absolute Gasteiger partial charge is 0.478 e. The number of carboxylic acid groups (broad SMARTS) is 1. The van der Waals surface area contributed by atoms with Crippen LogP contribution in [-0.4, -0.2) is 50.5 Å². The number of aliphatic hydroxyl groups is 1. The Bertz CT molecular complexity index is 848. The van der Waals surface area contributed by atoms with E-state index in [1.54, 1.807) is 0 Å². The first-order valence-electron chi connectivity index (χ1n) is 6.62. The molecular formula is C14H12Br2Cl2F2N2O6S. The summed E-state index contributed by atoms with van der Waals surface area (Å²) in [7, 11) is 9.55. The Hall–Kier alpha value is -1.25. The van der Waals surface area contributed by atoms with Gasteiger partial charge < -0.3 is 14.9 Å². The minimum atomic E-state index is -1.67. The first kappa shape index (κ1) is 29.9. The van der Waals surface area contributed by atoms with Crippen LogP contribution in [-0.2, 0) is 14.0 Å². The number of ether oxygens (including phenoxy) is 1. The summed E-state index contributed by atoms with van der Waals surface area (Å²) >= 11 is 5.93. The molecule has 2 aromatic rings. The number of hydrogen-bond acceptors (Lipinski definition) is 7. The Morgan fingerprint density at radius 3 is 1.69 bits per heavy atom. The molecule has 0 amide bonds. The first-order chi connectivity index (χ1) is 13.5. The summed E-state index contributed by atoms with van der Waals surface area (Å²) in [6, 6.07) is 2.37. The number of methoxy groups -OCH3 is 1. The van der Waals surface area contributed by atoms with Crippen molar-refractivity contribution in [2.75, 3.05) is 14.2 Å². The fourth-order valence-electron chi connectivity index (χ4n) is 1.26. The second-order valence-electron chi connectivity index (χ2n) is 3.95. The number of esters is 1. The smallest absolute Gasteiger partial charge is 0.341 e. The van der Waals surface area contributed by atoms with Gasteiger partial charge >= 0.3 is 11.9 Å². The quantitative estimate of drug-likeness (QED) is 0.298. The number of rotatable bonds is 2. The molecule has 0 radical (unpaired) electrons. The lowest BCUT2D eigenvalue weighted by Crippen LogP contribution is -2.04. The Labute approximate surface area is 191 Å². The van der Waals surface area contributed by atoms with Crippen LogP contribution in [0.2, 0.25) is 0 Å². The van der Waals surface area contributed by atoms with Crippen LogP contribution in [0.25, 0.3) is 0 Å². The minimum Gasteiger partial charge on any atom is -0.478 e. The number of pyridine rings is 2. The monoisotopic (exact) mass is 602 g/mol. The van der Waals surface area contributed by atoms with Gasteiger partial charge in [0.2, 0.25) is 9.23 Å². The average molecular weight is 605 g/mol. The highest BCUT2D eigenvalue weighted by Gasteiger charge is 2.12. The molecule has 2 heterocycles. The lowest BCUT2D eigenvalue weighted by atomic mass is 10.3. The predicted octanol–water partition coefficient (Wildman–Crippen LogP) is 4.10. The Kier molecular flexibility index (Phi) is 17.1. The summed E-state index contributed by atoms with van der Waals surface area (Å²) in [6.07, 6.45) is 1.81. The molecule has 162 valence electrons. The maximum Gasteiger partial charge on any atom is 0.341 e. The summed E-state index contributed by atoms with van der Waals surface area (Å²) in [6.45, 7) is 0. The number of aliphatic hydroxyl groups excluding tert-OH is 1. The van der Waals surface area contributed by atoms with Gasteiger partial charge in [-0.1, -0.05) is 0 Å². The van der Waals surface area contributed by atoms with Gasteiger partial charge in [0.25, 0.3) is 0 Å². The van der Waals surface area contributed by atoms with E-state index in [9.17, 15) is 18.4 Å². The molecule has 0 aliphatic rings. The molecule has 0 unspecified atom stereocenters. The first-order valence-corrected chi connectivity index (χ1v) is 11.0. The van der Waals surface area contributed by atoms with Crippen LogP contribution in [0.3, 0.4) is 0 Å². The summed E-state index contributed by atoms with van der Waals surface area (Å²) < 4.78 is 39.5. The molecule has 29 heavy (non-hydrogen) atoms. The maximum absolute atomic E-state index is 12.8. The van der Waals surface area contributed by atoms with Crippen LogP contribution in [0, 0.1) is 11.6 Å². The van der Waals surface area contributed by atoms with E-state index in [0.717, 1.165) is 25.6 Å². The topological polar surface area (TPSA) is 127 Å². The normalized spacial score (nSPS) is 9.03. The van der Waals surface area contributed by atoms with Gasteiger partial charge in [0.05, 0.1) is 30.6 Å². The summed E-state index contributed by atoms with van der Waals surface area (Å²) in [5.41, 5.74) is -0.508. The van der Waals surface area contributed by atoms with Gasteiger partial charge in [0.15, 0.2) is 11.6 Å². The van der Waals surface area contributed by atoms with Gasteiger partial charge in [0.1, 0.15) is 9.21 Å². The number of carbonyl (C=O) groups is 2. The van der Waals surface area contributed by atoms with Crippen molar-refractivity contribution in [1.29, 1.82) is 0 Å². The molecule has 0 saturated carbocycles. The Balaban J connectivity index is 0. The van der Waals surface area contributed by atoms with E-state index in [0.29, 0.717) is 9.21 Å². The van der Waals surface area contributed by atoms with Crippen LogP contribution in [0.1, 0.15) is 20.7 Å². The average Bonchev–Trinajstić information content (AvgIpc) is 2.66. The molecular weight excluding hydrogens is 593 g/mol. The molecule has 2 rings (SSSR count). The zero-order chi connectivity index (χ0) is 23.1. The van der Waals surface area contributed by atoms with Crippen molar-refractivity contribution < 1.29 is 37.5 Å². The number of aromatic nitrogens is 2. The third-order valence-electron chi connectivity index (χ3n) is 2.28. The molecule has 2 N–H and O–H groups in total. The Morgan fingerprint density at radius 2 is 1.38 bits per heavy atom. The zero-order valence-electron chi connectivity index (χ0n) is 14.4. The number of carbonyl (C=O) groups excluding carboxylic acids is 1. The number of halogens is 6. The van der Waals surface area contributed by atoms with E-state index < -0.39 is 32.8 Å². The van der Waals surface area contributed by atoms with Gasteiger partial charge in [-0.15, -0.1) is 0 Å². The van der Waals surface area contributed by atoms with E-state index in [2.05, 4.69) is 67.9 Å². The van der Waals surface area contributed by atoms with Gasteiger partial charge in [-0.2, -0.15) is 0 Å². The molecule has 0 aliphatic heterocycles. The van der Waals surface area contributed by atoms with Gasteiger partial charge in [0, 0.05) is 28.5 Å². The van der Waals surface area contributed by atoms with Crippen molar-refractivity contribution in [3.05, 3.63) is 56.5 Å². The summed E-state index contributed by atoms with van der Waals surface area (Å²) in [4.78, 5) is 28.3. The van der Waals surface area contributed by atoms with Crippen molar-refractivity contribution in [2.45, 2.75) is 0 Å². The van der Waals surface area contributed by atoms with Crippen LogP contribution >= 0.6 is 53.2 Å².